The number of rotatable bonds is 6. The van der Waals surface area contributed by atoms with E-state index in [-0.39, 0.29) is 11.4 Å². The molecule has 106 valence electrons. The maximum Gasteiger partial charge on any atom is 0.276 e. The van der Waals surface area contributed by atoms with Crippen LogP contribution in [0.1, 0.15) is 26.7 Å². The molecule has 0 atom stereocenters. The van der Waals surface area contributed by atoms with Crippen molar-refractivity contribution in [3.05, 3.63) is 44.5 Å². The molecule has 0 fully saturated rings. The van der Waals surface area contributed by atoms with Gasteiger partial charge < -0.3 is 4.74 Å². The van der Waals surface area contributed by atoms with Crippen LogP contribution in [0.25, 0.3) is 0 Å². The number of hydrogen-bond acceptors (Lipinski definition) is 5. The summed E-state index contributed by atoms with van der Waals surface area (Å²) in [5.74, 6) is 0. The topological polar surface area (TPSA) is 95.5 Å². The third-order valence-corrected chi connectivity index (χ3v) is 1.95. The minimum Gasteiger partial charge on any atom is -0.381 e. The van der Waals surface area contributed by atoms with Gasteiger partial charge in [-0.05, 0) is 18.9 Å². The van der Waals surface area contributed by atoms with Gasteiger partial charge in [-0.3, -0.25) is 20.2 Å². The number of hydrogen-bond donors (Lipinski definition) is 0. The zero-order chi connectivity index (χ0) is 14.7. The molecule has 1 aromatic rings. The van der Waals surface area contributed by atoms with Gasteiger partial charge in [0.1, 0.15) is 0 Å². The normalized spacial score (nSPS) is 9.37. The van der Waals surface area contributed by atoms with Crippen molar-refractivity contribution < 1.29 is 14.6 Å². The summed E-state index contributed by atoms with van der Waals surface area (Å²) in [6, 6.07) is 4.59. The monoisotopic (exact) mass is 270 g/mol. The van der Waals surface area contributed by atoms with Gasteiger partial charge in [0, 0.05) is 25.3 Å². The summed E-state index contributed by atoms with van der Waals surface area (Å²) < 4.78 is 5.13. The van der Waals surface area contributed by atoms with Crippen LogP contribution in [0.4, 0.5) is 11.4 Å². The third kappa shape index (κ3) is 7.82. The average Bonchev–Trinajstić information content (AvgIpc) is 2.40. The lowest BCUT2D eigenvalue weighted by Gasteiger charge is -1.95. The smallest absolute Gasteiger partial charge is 0.276 e. The second-order valence-corrected chi connectivity index (χ2v) is 3.65. The maximum atomic E-state index is 10.2. The lowest BCUT2D eigenvalue weighted by atomic mass is 10.3. The highest BCUT2D eigenvalue weighted by Crippen LogP contribution is 2.18. The lowest BCUT2D eigenvalue weighted by Crippen LogP contribution is -1.92. The van der Waals surface area contributed by atoms with Gasteiger partial charge in [-0.2, -0.15) is 0 Å². The van der Waals surface area contributed by atoms with E-state index >= 15 is 0 Å². The van der Waals surface area contributed by atoms with Crippen LogP contribution in [0.3, 0.4) is 0 Å². The predicted molar refractivity (Wildman–Crippen MR) is 71.2 cm³/mol. The summed E-state index contributed by atoms with van der Waals surface area (Å²) in [6.45, 7) is 6.09. The highest BCUT2D eigenvalue weighted by atomic mass is 16.6. The third-order valence-electron chi connectivity index (χ3n) is 1.95. The van der Waals surface area contributed by atoms with Crippen molar-refractivity contribution in [1.82, 2.24) is 0 Å². The van der Waals surface area contributed by atoms with Gasteiger partial charge in [-0.25, -0.2) is 0 Å². The van der Waals surface area contributed by atoms with Gasteiger partial charge in [0.15, 0.2) is 0 Å². The standard InChI is InChI=1S/C6H4N2O4.C6H14O/c9-7(10)5-2-1-3-6(4-5)8(11)12;1-3-5-7-6-4-2/h1-4H;3-6H2,1-2H3. The molecule has 1 rings (SSSR count). The summed E-state index contributed by atoms with van der Waals surface area (Å²) in [5, 5.41) is 20.3. The Bertz CT molecular complexity index is 376. The molecular weight excluding hydrogens is 252 g/mol. The largest absolute Gasteiger partial charge is 0.381 e. The van der Waals surface area contributed by atoms with Gasteiger partial charge in [0.25, 0.3) is 11.4 Å². The van der Waals surface area contributed by atoms with Gasteiger partial charge >= 0.3 is 0 Å². The van der Waals surface area contributed by atoms with E-state index in [4.69, 9.17) is 4.74 Å². The van der Waals surface area contributed by atoms with Crippen LogP contribution in [0, 0.1) is 20.2 Å². The first-order valence-corrected chi connectivity index (χ1v) is 5.99. The first-order valence-electron chi connectivity index (χ1n) is 5.99. The lowest BCUT2D eigenvalue weighted by molar-refractivity contribution is -0.394. The molecule has 0 aliphatic carbocycles. The molecule has 0 N–H and O–H groups in total. The van der Waals surface area contributed by atoms with Crippen molar-refractivity contribution in [2.24, 2.45) is 0 Å². The summed E-state index contributed by atoms with van der Waals surface area (Å²) in [6.07, 6.45) is 2.28. The zero-order valence-electron chi connectivity index (χ0n) is 11.1. The Balaban J connectivity index is 0.000000399. The fourth-order valence-electron chi connectivity index (χ4n) is 1.11. The average molecular weight is 270 g/mol. The van der Waals surface area contributed by atoms with Crippen LogP contribution in [-0.4, -0.2) is 23.1 Å². The molecule has 0 aromatic heterocycles. The fourth-order valence-corrected chi connectivity index (χ4v) is 1.11. The summed E-state index contributed by atoms with van der Waals surface area (Å²) >= 11 is 0. The predicted octanol–water partition coefficient (Wildman–Crippen LogP) is 3.33. The molecule has 0 aliphatic rings. The van der Waals surface area contributed by atoms with E-state index in [0.29, 0.717) is 0 Å². The van der Waals surface area contributed by atoms with E-state index in [2.05, 4.69) is 13.8 Å². The molecule has 0 spiro atoms. The minimum absolute atomic E-state index is 0.274. The van der Waals surface area contributed by atoms with Crippen molar-refractivity contribution in [2.45, 2.75) is 26.7 Å². The summed E-state index contributed by atoms with van der Waals surface area (Å²) in [4.78, 5) is 19.0. The van der Waals surface area contributed by atoms with Crippen molar-refractivity contribution in [1.29, 1.82) is 0 Å². The van der Waals surface area contributed by atoms with Crippen LogP contribution >= 0.6 is 0 Å². The van der Waals surface area contributed by atoms with Crippen LogP contribution < -0.4 is 0 Å². The van der Waals surface area contributed by atoms with Crippen LogP contribution in [0.2, 0.25) is 0 Å². The Morgan fingerprint density at radius 3 is 1.74 bits per heavy atom. The van der Waals surface area contributed by atoms with Gasteiger partial charge in [-0.1, -0.05) is 13.8 Å². The molecule has 0 saturated carbocycles. The van der Waals surface area contributed by atoms with E-state index < -0.39 is 9.85 Å². The number of ether oxygens (including phenoxy) is 1. The molecule has 0 aliphatic heterocycles. The Kier molecular flexibility index (Phi) is 8.90. The Morgan fingerprint density at radius 1 is 1.00 bits per heavy atom. The van der Waals surface area contributed by atoms with E-state index in [1.165, 1.54) is 18.2 Å². The molecule has 0 unspecified atom stereocenters. The molecular formula is C12H18N2O5. The molecule has 7 heteroatoms. The quantitative estimate of drug-likeness (QED) is 0.448. The van der Waals surface area contributed by atoms with E-state index in [9.17, 15) is 20.2 Å². The SMILES string of the molecule is CCCOCCC.O=[N+]([O-])c1cccc([N+](=O)[O-])c1. The Hall–Kier alpha value is -2.02. The Labute approximate surface area is 111 Å². The molecule has 19 heavy (non-hydrogen) atoms. The highest BCUT2D eigenvalue weighted by Gasteiger charge is 2.11. The van der Waals surface area contributed by atoms with Crippen LogP contribution in [0.15, 0.2) is 24.3 Å². The second kappa shape index (κ2) is 9.95. The molecule has 0 radical (unpaired) electrons. The molecule has 0 bridgehead atoms. The van der Waals surface area contributed by atoms with Gasteiger partial charge in [-0.15, -0.1) is 0 Å². The highest BCUT2D eigenvalue weighted by molar-refractivity contribution is 5.42. The van der Waals surface area contributed by atoms with E-state index in [1.54, 1.807) is 0 Å². The summed E-state index contributed by atoms with van der Waals surface area (Å²) in [5.41, 5.74) is -0.548. The minimum atomic E-state index is -0.674. The molecule has 7 nitrogen and oxygen atoms in total. The number of non-ortho nitro benzene ring substituents is 2. The van der Waals surface area contributed by atoms with Crippen LogP contribution in [0.5, 0.6) is 0 Å². The number of nitrogens with zero attached hydrogens (tertiary/aromatic N) is 2. The molecule has 0 saturated heterocycles. The van der Waals surface area contributed by atoms with E-state index in [1.807, 2.05) is 0 Å². The second-order valence-electron chi connectivity index (χ2n) is 3.65. The molecule has 0 amide bonds. The number of nitro benzene ring substituents is 2. The van der Waals surface area contributed by atoms with Crippen molar-refractivity contribution >= 4 is 11.4 Å². The fraction of sp³-hybridized carbons (Fsp3) is 0.500. The first-order chi connectivity index (χ1) is 9.02. The van der Waals surface area contributed by atoms with Crippen molar-refractivity contribution in [3.63, 3.8) is 0 Å². The van der Waals surface area contributed by atoms with E-state index in [0.717, 1.165) is 32.1 Å². The van der Waals surface area contributed by atoms with Gasteiger partial charge in [0.05, 0.1) is 15.9 Å². The molecule has 0 heterocycles. The van der Waals surface area contributed by atoms with Gasteiger partial charge in [0.2, 0.25) is 0 Å². The number of nitro groups is 2. The van der Waals surface area contributed by atoms with Crippen molar-refractivity contribution in [2.75, 3.05) is 13.2 Å². The Morgan fingerprint density at radius 2 is 1.42 bits per heavy atom. The number of benzene rings is 1. The molecule has 1 aromatic carbocycles. The van der Waals surface area contributed by atoms with Crippen LogP contribution in [-0.2, 0) is 4.74 Å². The first kappa shape index (κ1) is 17.0. The zero-order valence-corrected chi connectivity index (χ0v) is 11.1. The van der Waals surface area contributed by atoms with Crippen molar-refractivity contribution in [3.8, 4) is 0 Å². The summed E-state index contributed by atoms with van der Waals surface area (Å²) in [7, 11) is 0. The maximum absolute atomic E-state index is 10.2.